The van der Waals surface area contributed by atoms with Crippen molar-refractivity contribution in [1.29, 1.82) is 0 Å². The molecule has 118 valence electrons. The summed E-state index contributed by atoms with van der Waals surface area (Å²) in [6.07, 6.45) is -11.5. The third kappa shape index (κ3) is 2.82. The van der Waals surface area contributed by atoms with Crippen LogP contribution in [0.25, 0.3) is 0 Å². The second kappa shape index (κ2) is 6.18. The molecule has 9 heteroatoms. The Bertz CT molecular complexity index is 327. The summed E-state index contributed by atoms with van der Waals surface area (Å²) in [6, 6.07) is 0. The smallest absolute Gasteiger partial charge is 0.187 e. The molecule has 0 saturated carbocycles. The molecule has 6 N–H and O–H groups in total. The highest BCUT2D eigenvalue weighted by molar-refractivity contribution is 4.91. The minimum absolute atomic E-state index is 0.510. The van der Waals surface area contributed by atoms with Gasteiger partial charge in [0, 0.05) is 0 Å². The Labute approximate surface area is 114 Å². The summed E-state index contributed by atoms with van der Waals surface area (Å²) in [4.78, 5) is 0. The van der Waals surface area contributed by atoms with E-state index in [4.69, 9.17) is 19.3 Å². The lowest BCUT2D eigenvalue weighted by Crippen LogP contribution is -2.58. The molecule has 0 aromatic heterocycles. The van der Waals surface area contributed by atoms with E-state index in [0.29, 0.717) is 0 Å². The van der Waals surface area contributed by atoms with Gasteiger partial charge < -0.3 is 44.8 Å². The van der Waals surface area contributed by atoms with Gasteiger partial charge in [0.25, 0.3) is 0 Å². The zero-order valence-corrected chi connectivity index (χ0v) is 10.8. The van der Waals surface area contributed by atoms with Crippen LogP contribution in [0.15, 0.2) is 0 Å². The minimum Gasteiger partial charge on any atom is -0.394 e. The molecule has 1 unspecified atom stereocenters. The molecule has 2 fully saturated rings. The standard InChI is InChI=1S/C11H20O9/c1-3-5(13)7(15)8(16)11(18-3)20-9-6(14)4(2-12)19-10(9)17/h3-17H,2H2,1H3/t3-,4+,5-,6+,7+,8+,9-,10-,11?/m1/s1. The van der Waals surface area contributed by atoms with Crippen LogP contribution in [0.1, 0.15) is 6.92 Å². The number of ether oxygens (including phenoxy) is 3. The molecule has 0 aromatic carbocycles. The summed E-state index contributed by atoms with van der Waals surface area (Å²) in [6.45, 7) is 0.967. The van der Waals surface area contributed by atoms with Gasteiger partial charge >= 0.3 is 0 Å². The van der Waals surface area contributed by atoms with Crippen LogP contribution in [0.4, 0.5) is 0 Å². The maximum atomic E-state index is 9.80. The van der Waals surface area contributed by atoms with E-state index < -0.39 is 61.9 Å². The highest BCUT2D eigenvalue weighted by atomic mass is 16.7. The molecule has 2 aliphatic heterocycles. The van der Waals surface area contributed by atoms with Crippen molar-refractivity contribution < 1.29 is 44.8 Å². The lowest BCUT2D eigenvalue weighted by molar-refractivity contribution is -0.318. The summed E-state index contributed by atoms with van der Waals surface area (Å²) in [7, 11) is 0. The van der Waals surface area contributed by atoms with Crippen molar-refractivity contribution in [3.63, 3.8) is 0 Å². The second-order valence-electron chi connectivity index (χ2n) is 5.02. The van der Waals surface area contributed by atoms with Crippen molar-refractivity contribution in [2.45, 2.75) is 62.2 Å². The van der Waals surface area contributed by atoms with Crippen LogP contribution in [0.2, 0.25) is 0 Å². The van der Waals surface area contributed by atoms with Crippen LogP contribution >= 0.6 is 0 Å². The molecule has 2 rings (SSSR count). The molecule has 20 heavy (non-hydrogen) atoms. The number of rotatable bonds is 3. The maximum absolute atomic E-state index is 9.80. The first-order chi connectivity index (χ1) is 9.36. The van der Waals surface area contributed by atoms with Crippen LogP contribution in [-0.2, 0) is 14.2 Å². The van der Waals surface area contributed by atoms with Crippen LogP contribution in [0, 0.1) is 0 Å². The van der Waals surface area contributed by atoms with Gasteiger partial charge in [-0.1, -0.05) is 0 Å². The maximum Gasteiger partial charge on any atom is 0.187 e. The van der Waals surface area contributed by atoms with Gasteiger partial charge in [-0.25, -0.2) is 0 Å². The highest BCUT2D eigenvalue weighted by Gasteiger charge is 2.49. The van der Waals surface area contributed by atoms with E-state index in [1.807, 2.05) is 0 Å². The molecule has 9 nitrogen and oxygen atoms in total. The van der Waals surface area contributed by atoms with Gasteiger partial charge in [-0.15, -0.1) is 0 Å². The molecule has 0 radical (unpaired) electrons. The Morgan fingerprint density at radius 2 is 1.55 bits per heavy atom. The second-order valence-corrected chi connectivity index (χ2v) is 5.02. The third-order valence-electron chi connectivity index (χ3n) is 3.59. The van der Waals surface area contributed by atoms with Crippen LogP contribution in [0.3, 0.4) is 0 Å². The van der Waals surface area contributed by atoms with E-state index in [2.05, 4.69) is 0 Å². The quantitative estimate of drug-likeness (QED) is 0.309. The van der Waals surface area contributed by atoms with Crippen LogP contribution in [0.5, 0.6) is 0 Å². The Morgan fingerprint density at radius 1 is 0.900 bits per heavy atom. The summed E-state index contributed by atoms with van der Waals surface area (Å²) < 4.78 is 15.3. The summed E-state index contributed by atoms with van der Waals surface area (Å²) in [5.41, 5.74) is 0. The van der Waals surface area contributed by atoms with Gasteiger partial charge in [0.15, 0.2) is 12.6 Å². The number of aliphatic hydroxyl groups excluding tert-OH is 6. The molecule has 0 spiro atoms. The van der Waals surface area contributed by atoms with Crippen molar-refractivity contribution in [2.24, 2.45) is 0 Å². The van der Waals surface area contributed by atoms with Crippen molar-refractivity contribution in [3.8, 4) is 0 Å². The first kappa shape index (κ1) is 16.0. The average Bonchev–Trinajstić information content (AvgIpc) is 2.69. The Morgan fingerprint density at radius 3 is 2.10 bits per heavy atom. The summed E-state index contributed by atoms with van der Waals surface area (Å²) in [5, 5.41) is 57.3. The van der Waals surface area contributed by atoms with E-state index in [1.54, 1.807) is 0 Å². The average molecular weight is 296 g/mol. The third-order valence-corrected chi connectivity index (χ3v) is 3.59. The largest absolute Gasteiger partial charge is 0.394 e. The molecular weight excluding hydrogens is 276 g/mol. The van der Waals surface area contributed by atoms with E-state index in [9.17, 15) is 25.5 Å². The Kier molecular flexibility index (Phi) is 4.95. The molecule has 9 atom stereocenters. The van der Waals surface area contributed by atoms with Gasteiger partial charge in [0.2, 0.25) is 0 Å². The van der Waals surface area contributed by atoms with Gasteiger partial charge in [0.1, 0.15) is 36.6 Å². The lowest BCUT2D eigenvalue weighted by atomic mass is 10.00. The minimum atomic E-state index is -1.55. The highest BCUT2D eigenvalue weighted by Crippen LogP contribution is 2.28. The molecule has 2 heterocycles. The van der Waals surface area contributed by atoms with E-state index in [0.717, 1.165) is 0 Å². The zero-order valence-electron chi connectivity index (χ0n) is 10.8. The first-order valence-electron chi connectivity index (χ1n) is 6.34. The fourth-order valence-electron chi connectivity index (χ4n) is 2.30. The van der Waals surface area contributed by atoms with Crippen molar-refractivity contribution >= 4 is 0 Å². The fraction of sp³-hybridized carbons (Fsp3) is 1.00. The fourth-order valence-corrected chi connectivity index (χ4v) is 2.30. The number of hydrogen-bond acceptors (Lipinski definition) is 9. The predicted octanol–water partition coefficient (Wildman–Crippen LogP) is -3.73. The molecule has 0 aromatic rings. The normalized spacial score (nSPS) is 53.2. The predicted molar refractivity (Wildman–Crippen MR) is 61.2 cm³/mol. The molecule has 2 saturated heterocycles. The van der Waals surface area contributed by atoms with E-state index >= 15 is 0 Å². The van der Waals surface area contributed by atoms with Crippen LogP contribution < -0.4 is 0 Å². The molecule has 0 bridgehead atoms. The number of hydrogen-bond donors (Lipinski definition) is 6. The molecule has 0 aliphatic carbocycles. The van der Waals surface area contributed by atoms with Crippen molar-refractivity contribution in [2.75, 3.05) is 6.61 Å². The van der Waals surface area contributed by atoms with Crippen molar-refractivity contribution in [1.82, 2.24) is 0 Å². The first-order valence-corrected chi connectivity index (χ1v) is 6.34. The summed E-state index contributed by atoms with van der Waals surface area (Å²) in [5.74, 6) is 0. The van der Waals surface area contributed by atoms with Crippen molar-refractivity contribution in [3.05, 3.63) is 0 Å². The summed E-state index contributed by atoms with van der Waals surface area (Å²) >= 11 is 0. The zero-order chi connectivity index (χ0) is 15.0. The number of aliphatic hydroxyl groups is 6. The Balaban J connectivity index is 2.02. The monoisotopic (exact) mass is 296 g/mol. The topological polar surface area (TPSA) is 149 Å². The molecule has 2 aliphatic rings. The van der Waals surface area contributed by atoms with E-state index in [1.165, 1.54) is 6.92 Å². The SMILES string of the molecule is C[C@H]1OC(O[C@@H]2[C@@H](O)[C@H](CO)O[C@H]2O)[C@@H](O)[C@@H](O)[C@@H]1O. The molecular formula is C11H20O9. The Hall–Kier alpha value is -0.360. The lowest BCUT2D eigenvalue weighted by Gasteiger charge is -2.40. The van der Waals surface area contributed by atoms with E-state index in [-0.39, 0.29) is 0 Å². The van der Waals surface area contributed by atoms with Gasteiger partial charge in [0.05, 0.1) is 12.7 Å². The molecule has 0 amide bonds. The van der Waals surface area contributed by atoms with Gasteiger partial charge in [-0.05, 0) is 6.92 Å². The van der Waals surface area contributed by atoms with Gasteiger partial charge in [-0.3, -0.25) is 0 Å². The van der Waals surface area contributed by atoms with Crippen LogP contribution in [-0.4, -0.2) is 92.6 Å². The van der Waals surface area contributed by atoms with Gasteiger partial charge in [-0.2, -0.15) is 0 Å².